The van der Waals surface area contributed by atoms with Crippen molar-refractivity contribution in [1.29, 1.82) is 5.26 Å². The quantitative estimate of drug-likeness (QED) is 0.909. The van der Waals surface area contributed by atoms with E-state index in [0.717, 1.165) is 6.07 Å². The molecule has 2 aromatic carbocycles. The van der Waals surface area contributed by atoms with Crippen molar-refractivity contribution in [3.8, 4) is 6.07 Å². The van der Waals surface area contributed by atoms with Gasteiger partial charge in [0.2, 0.25) is 0 Å². The molecule has 0 fully saturated rings. The molecule has 1 N–H and O–H groups in total. The van der Waals surface area contributed by atoms with Crippen LogP contribution >= 0.6 is 11.6 Å². The highest BCUT2D eigenvalue weighted by atomic mass is 35.5. The average Bonchev–Trinajstić information content (AvgIpc) is 2.41. The van der Waals surface area contributed by atoms with E-state index in [2.05, 4.69) is 5.32 Å². The summed E-state index contributed by atoms with van der Waals surface area (Å²) in [5.74, 6) is -1.12. The number of nitrogens with one attached hydrogen (secondary N) is 1. The Bertz CT molecular complexity index is 679. The van der Waals surface area contributed by atoms with Gasteiger partial charge in [0.1, 0.15) is 5.82 Å². The highest BCUT2D eigenvalue weighted by Crippen LogP contribution is 2.17. The minimum Gasteiger partial charge on any atom is -0.319 e. The smallest absolute Gasteiger partial charge is 0.255 e. The van der Waals surface area contributed by atoms with Crippen molar-refractivity contribution < 1.29 is 9.18 Å². The summed E-state index contributed by atoms with van der Waals surface area (Å²) in [6, 6.07) is 12.0. The molecule has 0 spiro atoms. The summed E-state index contributed by atoms with van der Waals surface area (Å²) < 4.78 is 13.6. The number of nitriles is 1. The van der Waals surface area contributed by atoms with E-state index in [9.17, 15) is 9.18 Å². The van der Waals surface area contributed by atoms with Crippen molar-refractivity contribution in [2.75, 3.05) is 5.32 Å². The molecule has 19 heavy (non-hydrogen) atoms. The lowest BCUT2D eigenvalue weighted by Gasteiger charge is -2.06. The third-order valence-electron chi connectivity index (χ3n) is 2.43. The van der Waals surface area contributed by atoms with Gasteiger partial charge in [-0.05, 0) is 36.4 Å². The average molecular weight is 275 g/mol. The van der Waals surface area contributed by atoms with Crippen molar-refractivity contribution in [3.63, 3.8) is 0 Å². The minimum atomic E-state index is -0.658. The first-order valence-corrected chi connectivity index (χ1v) is 5.74. The van der Waals surface area contributed by atoms with Gasteiger partial charge in [0.25, 0.3) is 5.91 Å². The third-order valence-corrected chi connectivity index (χ3v) is 2.67. The maximum absolute atomic E-state index is 13.6. The summed E-state index contributed by atoms with van der Waals surface area (Å²) in [5.41, 5.74) is 0.540. The molecule has 0 aliphatic heterocycles. The van der Waals surface area contributed by atoms with Gasteiger partial charge in [-0.2, -0.15) is 5.26 Å². The highest BCUT2D eigenvalue weighted by molar-refractivity contribution is 6.31. The van der Waals surface area contributed by atoms with Crippen LogP contribution in [0.25, 0.3) is 0 Å². The van der Waals surface area contributed by atoms with E-state index in [1.165, 1.54) is 18.2 Å². The summed E-state index contributed by atoms with van der Waals surface area (Å²) in [6.07, 6.45) is 0. The zero-order chi connectivity index (χ0) is 13.8. The number of carbonyl (C=O) groups excluding carboxylic acids is 1. The Kier molecular flexibility index (Phi) is 3.79. The Morgan fingerprint density at radius 3 is 2.68 bits per heavy atom. The Hall–Kier alpha value is -2.38. The van der Waals surface area contributed by atoms with Crippen molar-refractivity contribution in [2.45, 2.75) is 0 Å². The first-order valence-electron chi connectivity index (χ1n) is 5.37. The third kappa shape index (κ3) is 3.09. The van der Waals surface area contributed by atoms with E-state index in [-0.39, 0.29) is 11.3 Å². The molecule has 0 aromatic heterocycles. The summed E-state index contributed by atoms with van der Waals surface area (Å²) in [6.45, 7) is 0. The molecule has 0 aliphatic rings. The number of hydrogen-bond acceptors (Lipinski definition) is 2. The van der Waals surface area contributed by atoms with Crippen LogP contribution in [-0.2, 0) is 0 Å². The number of carbonyl (C=O) groups is 1. The predicted octanol–water partition coefficient (Wildman–Crippen LogP) is 3.60. The number of halogens is 2. The highest BCUT2D eigenvalue weighted by Gasteiger charge is 2.10. The van der Waals surface area contributed by atoms with Crippen LogP contribution in [0, 0.1) is 17.1 Å². The van der Waals surface area contributed by atoms with Gasteiger partial charge in [0.15, 0.2) is 0 Å². The predicted molar refractivity (Wildman–Crippen MR) is 70.5 cm³/mol. The number of hydrogen-bond donors (Lipinski definition) is 1. The molecule has 0 bridgehead atoms. The zero-order valence-corrected chi connectivity index (χ0v) is 10.4. The van der Waals surface area contributed by atoms with E-state index >= 15 is 0 Å². The minimum absolute atomic E-state index is 0.0176. The first kappa shape index (κ1) is 13.1. The second-order valence-corrected chi connectivity index (χ2v) is 4.21. The van der Waals surface area contributed by atoms with Crippen LogP contribution in [0.3, 0.4) is 0 Å². The Balaban J connectivity index is 2.22. The summed E-state index contributed by atoms with van der Waals surface area (Å²) in [7, 11) is 0. The van der Waals surface area contributed by atoms with E-state index in [1.807, 2.05) is 6.07 Å². The van der Waals surface area contributed by atoms with Gasteiger partial charge in [0.05, 0.1) is 17.3 Å². The molecule has 0 unspecified atom stereocenters. The van der Waals surface area contributed by atoms with Crippen LogP contribution in [0.15, 0.2) is 42.5 Å². The van der Waals surface area contributed by atoms with Gasteiger partial charge in [-0.15, -0.1) is 0 Å². The van der Waals surface area contributed by atoms with Gasteiger partial charge >= 0.3 is 0 Å². The summed E-state index contributed by atoms with van der Waals surface area (Å²) >= 11 is 5.77. The largest absolute Gasteiger partial charge is 0.319 e. The first-order chi connectivity index (χ1) is 9.10. The van der Waals surface area contributed by atoms with E-state index in [0.29, 0.717) is 10.6 Å². The molecule has 0 saturated heterocycles. The molecule has 2 rings (SSSR count). The molecule has 94 valence electrons. The van der Waals surface area contributed by atoms with Gasteiger partial charge in [-0.1, -0.05) is 17.7 Å². The Morgan fingerprint density at radius 2 is 2.05 bits per heavy atom. The molecule has 0 radical (unpaired) electrons. The van der Waals surface area contributed by atoms with Crippen molar-refractivity contribution in [1.82, 2.24) is 0 Å². The Morgan fingerprint density at radius 1 is 1.26 bits per heavy atom. The van der Waals surface area contributed by atoms with Crippen molar-refractivity contribution in [2.24, 2.45) is 0 Å². The molecule has 0 heterocycles. The zero-order valence-electron chi connectivity index (χ0n) is 9.65. The van der Waals surface area contributed by atoms with E-state index in [4.69, 9.17) is 16.9 Å². The molecular formula is C14H8ClFN2O. The van der Waals surface area contributed by atoms with Gasteiger partial charge < -0.3 is 5.32 Å². The van der Waals surface area contributed by atoms with Crippen LogP contribution in [-0.4, -0.2) is 5.91 Å². The maximum atomic E-state index is 13.6. The van der Waals surface area contributed by atoms with Crippen LogP contribution in [0.1, 0.15) is 15.9 Å². The number of anilines is 1. The molecular weight excluding hydrogens is 267 g/mol. The topological polar surface area (TPSA) is 52.9 Å². The lowest BCUT2D eigenvalue weighted by atomic mass is 10.2. The SMILES string of the molecule is N#Cc1ccc(NC(=O)c2cccc(Cl)c2)c(F)c1. The molecule has 0 aliphatic carbocycles. The van der Waals surface area contributed by atoms with Crippen LogP contribution in [0.5, 0.6) is 0 Å². The van der Waals surface area contributed by atoms with Crippen molar-refractivity contribution in [3.05, 3.63) is 64.4 Å². The fourth-order valence-corrected chi connectivity index (χ4v) is 1.70. The molecule has 1 amide bonds. The van der Waals surface area contributed by atoms with Gasteiger partial charge in [-0.3, -0.25) is 4.79 Å². The van der Waals surface area contributed by atoms with Crippen LogP contribution in [0.4, 0.5) is 10.1 Å². The van der Waals surface area contributed by atoms with Crippen LogP contribution in [0.2, 0.25) is 5.02 Å². The summed E-state index contributed by atoms with van der Waals surface area (Å²) in [5, 5.41) is 11.5. The molecule has 2 aromatic rings. The standard InChI is InChI=1S/C14H8ClFN2O/c15-11-3-1-2-10(7-11)14(19)18-13-5-4-9(8-17)6-12(13)16/h1-7H,(H,18,19). The lowest BCUT2D eigenvalue weighted by Crippen LogP contribution is -2.12. The lowest BCUT2D eigenvalue weighted by molar-refractivity contribution is 0.102. The van der Waals surface area contributed by atoms with Crippen LogP contribution < -0.4 is 5.32 Å². The normalized spacial score (nSPS) is 9.74. The monoisotopic (exact) mass is 274 g/mol. The van der Waals surface area contributed by atoms with Gasteiger partial charge in [0, 0.05) is 10.6 Å². The molecule has 0 saturated carbocycles. The fraction of sp³-hybridized carbons (Fsp3) is 0. The number of nitrogens with zero attached hydrogens (tertiary/aromatic N) is 1. The fourth-order valence-electron chi connectivity index (χ4n) is 1.51. The van der Waals surface area contributed by atoms with E-state index < -0.39 is 11.7 Å². The maximum Gasteiger partial charge on any atom is 0.255 e. The second kappa shape index (κ2) is 5.51. The number of benzene rings is 2. The second-order valence-electron chi connectivity index (χ2n) is 3.77. The molecule has 0 atom stereocenters. The Labute approximate surface area is 114 Å². The summed E-state index contributed by atoms with van der Waals surface area (Å²) in [4.78, 5) is 11.9. The number of rotatable bonds is 2. The van der Waals surface area contributed by atoms with E-state index in [1.54, 1.807) is 18.2 Å². The molecule has 5 heteroatoms. The number of amides is 1. The van der Waals surface area contributed by atoms with Gasteiger partial charge in [-0.25, -0.2) is 4.39 Å². The van der Waals surface area contributed by atoms with Crippen molar-refractivity contribution >= 4 is 23.2 Å². The molecule has 3 nitrogen and oxygen atoms in total.